The number of nitrogens with zero attached hydrogens (tertiary/aromatic N) is 2. The summed E-state index contributed by atoms with van der Waals surface area (Å²) in [4.78, 5) is 13.1. The average Bonchev–Trinajstić information content (AvgIpc) is 3.21. The molecule has 1 aromatic heterocycles. The molecule has 0 fully saturated rings. The molecule has 3 aromatic carbocycles. The van der Waals surface area contributed by atoms with Gasteiger partial charge >= 0.3 is 0 Å². The van der Waals surface area contributed by atoms with Crippen molar-refractivity contribution >= 4 is 11.6 Å². The van der Waals surface area contributed by atoms with Gasteiger partial charge in [0.25, 0.3) is 5.91 Å². The monoisotopic (exact) mass is 415 g/mol. The largest absolute Gasteiger partial charge is 0.497 e. The first-order valence-electron chi connectivity index (χ1n) is 9.83. The fraction of sp³-hybridized carbons (Fsp3) is 0.120. The van der Waals surface area contributed by atoms with Crippen molar-refractivity contribution in [1.29, 1.82) is 0 Å². The first kappa shape index (κ1) is 20.3. The number of carbonyl (C=O) groups is 1. The molecule has 1 heterocycles. The third kappa shape index (κ3) is 4.33. The molecule has 1 N–H and O–H groups in total. The number of halogens is 1. The second-order valence-corrected chi connectivity index (χ2v) is 7.31. The lowest BCUT2D eigenvalue weighted by Gasteiger charge is -2.11. The Morgan fingerprint density at radius 2 is 1.68 bits per heavy atom. The molecule has 156 valence electrons. The smallest absolute Gasteiger partial charge is 0.274 e. The van der Waals surface area contributed by atoms with Crippen molar-refractivity contribution in [3.8, 4) is 22.7 Å². The number of rotatable bonds is 5. The van der Waals surface area contributed by atoms with Crippen LogP contribution in [0.4, 0.5) is 10.1 Å². The van der Waals surface area contributed by atoms with Gasteiger partial charge in [0.2, 0.25) is 0 Å². The SMILES string of the molecule is COc1ccc(-c2cc(C(=O)Nc3ccc(F)cc3)n(-c3ccc(C)cc3C)n2)cc1. The van der Waals surface area contributed by atoms with Crippen molar-refractivity contribution in [3.05, 3.63) is 95.4 Å². The molecule has 0 unspecified atom stereocenters. The molecule has 0 aliphatic rings. The van der Waals surface area contributed by atoms with Gasteiger partial charge in [0.15, 0.2) is 0 Å². The number of aryl methyl sites for hydroxylation is 2. The van der Waals surface area contributed by atoms with Crippen LogP contribution in [0.5, 0.6) is 5.75 Å². The minimum Gasteiger partial charge on any atom is -0.497 e. The van der Waals surface area contributed by atoms with Gasteiger partial charge < -0.3 is 10.1 Å². The minimum atomic E-state index is -0.361. The molecule has 1 amide bonds. The van der Waals surface area contributed by atoms with Crippen molar-refractivity contribution in [2.75, 3.05) is 12.4 Å². The van der Waals surface area contributed by atoms with E-state index in [1.807, 2.05) is 56.3 Å². The summed E-state index contributed by atoms with van der Waals surface area (Å²) in [7, 11) is 1.61. The van der Waals surface area contributed by atoms with Gasteiger partial charge in [-0.25, -0.2) is 9.07 Å². The van der Waals surface area contributed by atoms with Crippen LogP contribution in [0.25, 0.3) is 16.9 Å². The van der Waals surface area contributed by atoms with Crippen molar-refractivity contribution in [2.24, 2.45) is 0 Å². The quantitative estimate of drug-likeness (QED) is 0.465. The summed E-state index contributed by atoms with van der Waals surface area (Å²) in [5.74, 6) is 0.0470. The Kier molecular flexibility index (Phi) is 5.54. The number of benzene rings is 3. The van der Waals surface area contributed by atoms with Gasteiger partial charge in [-0.1, -0.05) is 17.7 Å². The summed E-state index contributed by atoms with van der Waals surface area (Å²) in [6.45, 7) is 4.00. The second kappa shape index (κ2) is 8.44. The maximum atomic E-state index is 13.2. The van der Waals surface area contributed by atoms with E-state index in [0.717, 1.165) is 28.1 Å². The van der Waals surface area contributed by atoms with Crippen LogP contribution in [-0.4, -0.2) is 22.8 Å². The van der Waals surface area contributed by atoms with Crippen LogP contribution in [-0.2, 0) is 0 Å². The summed E-state index contributed by atoms with van der Waals surface area (Å²) in [6.07, 6.45) is 0. The summed E-state index contributed by atoms with van der Waals surface area (Å²) in [5, 5.41) is 7.55. The number of ether oxygens (including phenoxy) is 1. The van der Waals surface area contributed by atoms with Crippen molar-refractivity contribution in [1.82, 2.24) is 9.78 Å². The van der Waals surface area contributed by atoms with E-state index in [4.69, 9.17) is 9.84 Å². The van der Waals surface area contributed by atoms with E-state index in [2.05, 4.69) is 5.32 Å². The lowest BCUT2D eigenvalue weighted by molar-refractivity contribution is 0.101. The third-order valence-electron chi connectivity index (χ3n) is 5.01. The van der Waals surface area contributed by atoms with E-state index >= 15 is 0 Å². The van der Waals surface area contributed by atoms with Crippen LogP contribution < -0.4 is 10.1 Å². The van der Waals surface area contributed by atoms with Gasteiger partial charge in [-0.3, -0.25) is 4.79 Å². The fourth-order valence-electron chi connectivity index (χ4n) is 3.40. The maximum absolute atomic E-state index is 13.2. The Morgan fingerprint density at radius 3 is 2.32 bits per heavy atom. The highest BCUT2D eigenvalue weighted by Gasteiger charge is 2.19. The highest BCUT2D eigenvalue weighted by molar-refractivity contribution is 6.04. The Hall–Kier alpha value is -3.93. The summed E-state index contributed by atoms with van der Waals surface area (Å²) in [5.41, 5.74) is 5.34. The first-order chi connectivity index (χ1) is 14.9. The molecule has 31 heavy (non-hydrogen) atoms. The topological polar surface area (TPSA) is 56.1 Å². The molecule has 0 atom stereocenters. The Labute approximate surface area is 180 Å². The highest BCUT2D eigenvalue weighted by atomic mass is 19.1. The number of anilines is 1. The third-order valence-corrected chi connectivity index (χ3v) is 5.01. The van der Waals surface area contributed by atoms with Crippen molar-refractivity contribution in [2.45, 2.75) is 13.8 Å². The molecular formula is C25H22FN3O2. The van der Waals surface area contributed by atoms with Crippen LogP contribution in [0.3, 0.4) is 0 Å². The van der Waals surface area contributed by atoms with Gasteiger partial charge in [0, 0.05) is 11.3 Å². The van der Waals surface area contributed by atoms with E-state index in [9.17, 15) is 9.18 Å². The van der Waals surface area contributed by atoms with Crippen molar-refractivity contribution in [3.63, 3.8) is 0 Å². The predicted octanol–water partition coefficient (Wildman–Crippen LogP) is 5.56. The molecule has 4 rings (SSSR count). The van der Waals surface area contributed by atoms with Crippen LogP contribution in [0.15, 0.2) is 72.8 Å². The Morgan fingerprint density at radius 1 is 0.968 bits per heavy atom. The van der Waals surface area contributed by atoms with Crippen LogP contribution in [0.1, 0.15) is 21.6 Å². The zero-order chi connectivity index (χ0) is 22.0. The molecule has 0 bridgehead atoms. The highest BCUT2D eigenvalue weighted by Crippen LogP contribution is 2.26. The molecule has 0 spiro atoms. The number of methoxy groups -OCH3 is 1. The van der Waals surface area contributed by atoms with E-state index in [-0.39, 0.29) is 11.7 Å². The van der Waals surface area contributed by atoms with E-state index in [1.54, 1.807) is 17.9 Å². The Bertz CT molecular complexity index is 1230. The average molecular weight is 415 g/mol. The normalized spacial score (nSPS) is 10.7. The molecule has 4 aromatic rings. The number of aromatic nitrogens is 2. The minimum absolute atomic E-state index is 0.334. The van der Waals surface area contributed by atoms with Crippen LogP contribution >= 0.6 is 0 Å². The number of carbonyl (C=O) groups excluding carboxylic acids is 1. The number of hydrogen-bond acceptors (Lipinski definition) is 3. The molecule has 0 aliphatic carbocycles. The number of hydrogen-bond donors (Lipinski definition) is 1. The predicted molar refractivity (Wildman–Crippen MR) is 119 cm³/mol. The van der Waals surface area contributed by atoms with Gasteiger partial charge in [-0.15, -0.1) is 0 Å². The lowest BCUT2D eigenvalue weighted by Crippen LogP contribution is -2.17. The van der Waals surface area contributed by atoms with Gasteiger partial charge in [-0.2, -0.15) is 5.10 Å². The van der Waals surface area contributed by atoms with Crippen molar-refractivity contribution < 1.29 is 13.9 Å². The van der Waals surface area contributed by atoms with Gasteiger partial charge in [-0.05, 0) is 80.1 Å². The van der Waals surface area contributed by atoms with Gasteiger partial charge in [0.05, 0.1) is 18.5 Å². The molecule has 0 saturated heterocycles. The lowest BCUT2D eigenvalue weighted by atomic mass is 10.1. The second-order valence-electron chi connectivity index (χ2n) is 7.31. The molecular weight excluding hydrogens is 393 g/mol. The number of amides is 1. The fourth-order valence-corrected chi connectivity index (χ4v) is 3.40. The molecule has 0 saturated carbocycles. The standard InChI is InChI=1S/C25H22FN3O2/c1-16-4-13-23(17(2)14-16)29-24(25(30)27-20-9-7-19(26)8-10-20)15-22(28-29)18-5-11-21(31-3)12-6-18/h4-15H,1-3H3,(H,27,30). The summed E-state index contributed by atoms with van der Waals surface area (Å²) in [6, 6.07) is 20.9. The molecule has 0 radical (unpaired) electrons. The zero-order valence-corrected chi connectivity index (χ0v) is 17.5. The summed E-state index contributed by atoms with van der Waals surface area (Å²) < 4.78 is 20.1. The Balaban J connectivity index is 1.78. The summed E-state index contributed by atoms with van der Waals surface area (Å²) >= 11 is 0. The number of nitrogens with one attached hydrogen (secondary N) is 1. The van der Waals surface area contributed by atoms with E-state index in [0.29, 0.717) is 17.1 Å². The van der Waals surface area contributed by atoms with Gasteiger partial charge in [0.1, 0.15) is 17.3 Å². The van der Waals surface area contributed by atoms with E-state index < -0.39 is 0 Å². The van der Waals surface area contributed by atoms with Crippen LogP contribution in [0.2, 0.25) is 0 Å². The van der Waals surface area contributed by atoms with Crippen LogP contribution in [0, 0.1) is 19.7 Å². The zero-order valence-electron chi connectivity index (χ0n) is 17.5. The van der Waals surface area contributed by atoms with E-state index in [1.165, 1.54) is 24.3 Å². The maximum Gasteiger partial charge on any atom is 0.274 e. The molecule has 6 heteroatoms. The first-order valence-corrected chi connectivity index (χ1v) is 9.83. The molecule has 5 nitrogen and oxygen atoms in total. The molecule has 0 aliphatic heterocycles.